The van der Waals surface area contributed by atoms with Gasteiger partial charge < -0.3 is 19.6 Å². The highest BCUT2D eigenvalue weighted by atomic mass is 35.5. The summed E-state index contributed by atoms with van der Waals surface area (Å²) in [6.07, 6.45) is -0.423. The first-order chi connectivity index (χ1) is 13.7. The summed E-state index contributed by atoms with van der Waals surface area (Å²) >= 11 is 11.8. The molecule has 2 aromatic carbocycles. The molecule has 0 spiro atoms. The fraction of sp³-hybridized carbons (Fsp3) is 0.150. The Hall–Kier alpha value is -3.03. The van der Waals surface area contributed by atoms with E-state index >= 15 is 0 Å². The maximum absolute atomic E-state index is 12.1. The first kappa shape index (κ1) is 20.7. The molecular weight excluding hydrogens is 421 g/mol. The third kappa shape index (κ3) is 4.88. The van der Waals surface area contributed by atoms with E-state index in [1.54, 1.807) is 31.2 Å². The van der Waals surface area contributed by atoms with Gasteiger partial charge in [-0.15, -0.1) is 0 Å². The van der Waals surface area contributed by atoms with Gasteiger partial charge in [0, 0.05) is 22.2 Å². The molecule has 0 aliphatic rings. The molecule has 0 fully saturated rings. The minimum Gasteiger partial charge on any atom is -0.482 e. The summed E-state index contributed by atoms with van der Waals surface area (Å²) in [7, 11) is 0. The number of amides is 1. The molecule has 2 N–H and O–H groups in total. The van der Waals surface area contributed by atoms with Crippen LogP contribution in [0.2, 0.25) is 10.0 Å². The lowest BCUT2D eigenvalue weighted by Gasteiger charge is -2.10. The van der Waals surface area contributed by atoms with Crippen LogP contribution in [-0.2, 0) is 16.0 Å². The predicted molar refractivity (Wildman–Crippen MR) is 109 cm³/mol. The molecule has 9 heteroatoms. The van der Waals surface area contributed by atoms with Gasteiger partial charge in [0.15, 0.2) is 6.61 Å². The second-order valence-electron chi connectivity index (χ2n) is 6.19. The number of halogens is 2. The fourth-order valence-corrected chi connectivity index (χ4v) is 3.22. The number of benzene rings is 2. The normalized spacial score (nSPS) is 10.7. The molecule has 1 amide bonds. The molecule has 0 unspecified atom stereocenters. The van der Waals surface area contributed by atoms with Gasteiger partial charge in [0.2, 0.25) is 0 Å². The molecular formula is C20H15Cl2NO6. The zero-order chi connectivity index (χ0) is 21.1. The topological polar surface area (TPSA) is 106 Å². The van der Waals surface area contributed by atoms with Crippen LogP contribution >= 0.6 is 23.2 Å². The molecule has 0 aliphatic heterocycles. The molecule has 0 atom stereocenters. The van der Waals surface area contributed by atoms with E-state index < -0.39 is 23.9 Å². The minimum absolute atomic E-state index is 0.0926. The van der Waals surface area contributed by atoms with E-state index in [0.29, 0.717) is 27.4 Å². The second-order valence-corrected chi connectivity index (χ2v) is 7.03. The molecule has 0 radical (unpaired) electrons. The molecule has 3 rings (SSSR count). The highest BCUT2D eigenvalue weighted by Crippen LogP contribution is 2.27. The van der Waals surface area contributed by atoms with Crippen LogP contribution in [0.5, 0.6) is 5.75 Å². The van der Waals surface area contributed by atoms with Crippen molar-refractivity contribution in [2.45, 2.75) is 13.3 Å². The van der Waals surface area contributed by atoms with E-state index in [4.69, 9.17) is 37.5 Å². The molecule has 1 aromatic heterocycles. The average Bonchev–Trinajstić information content (AvgIpc) is 2.64. The Morgan fingerprint density at radius 3 is 2.62 bits per heavy atom. The Labute approximate surface area is 174 Å². The third-order valence-corrected chi connectivity index (χ3v) is 4.68. The van der Waals surface area contributed by atoms with Crippen LogP contribution in [0.1, 0.15) is 11.1 Å². The first-order valence-electron chi connectivity index (χ1n) is 8.40. The number of nitrogens with one attached hydrogen (secondary N) is 1. The Kier molecular flexibility index (Phi) is 6.10. The zero-order valence-corrected chi connectivity index (χ0v) is 16.6. The van der Waals surface area contributed by atoms with E-state index in [9.17, 15) is 14.4 Å². The molecule has 0 bridgehead atoms. The highest BCUT2D eigenvalue weighted by Gasteiger charge is 2.15. The van der Waals surface area contributed by atoms with Gasteiger partial charge in [-0.1, -0.05) is 23.2 Å². The highest BCUT2D eigenvalue weighted by molar-refractivity contribution is 6.35. The molecule has 3 aromatic rings. The van der Waals surface area contributed by atoms with Crippen LogP contribution in [0.25, 0.3) is 11.0 Å². The first-order valence-corrected chi connectivity index (χ1v) is 9.16. The molecule has 0 saturated carbocycles. The number of fused-ring (bicyclic) bond motifs is 1. The number of carboxylic acid groups (broad SMARTS) is 1. The number of hydrogen-bond donors (Lipinski definition) is 2. The molecule has 29 heavy (non-hydrogen) atoms. The number of rotatable bonds is 6. The van der Waals surface area contributed by atoms with Crippen LogP contribution in [0.3, 0.4) is 0 Å². The SMILES string of the molecule is Cc1c(CC(=O)O)c(=O)oc2cc(NC(=O)COc3ccc(Cl)cc3Cl)ccc12. The van der Waals surface area contributed by atoms with Crippen LogP contribution in [0, 0.1) is 6.92 Å². The monoisotopic (exact) mass is 435 g/mol. The summed E-state index contributed by atoms with van der Waals surface area (Å²) in [6, 6.07) is 9.40. The molecule has 7 nitrogen and oxygen atoms in total. The molecule has 0 saturated heterocycles. The van der Waals surface area contributed by atoms with Gasteiger partial charge in [0.1, 0.15) is 11.3 Å². The Balaban J connectivity index is 1.75. The van der Waals surface area contributed by atoms with Crippen molar-refractivity contribution < 1.29 is 23.8 Å². The number of carbonyl (C=O) groups is 2. The number of hydrogen-bond acceptors (Lipinski definition) is 5. The van der Waals surface area contributed by atoms with Crippen molar-refractivity contribution >= 4 is 51.7 Å². The van der Waals surface area contributed by atoms with E-state index in [1.807, 2.05) is 0 Å². The van der Waals surface area contributed by atoms with Gasteiger partial charge in [0.25, 0.3) is 5.91 Å². The van der Waals surface area contributed by atoms with Crippen LogP contribution in [0.4, 0.5) is 5.69 Å². The van der Waals surface area contributed by atoms with Gasteiger partial charge in [-0.2, -0.15) is 0 Å². The van der Waals surface area contributed by atoms with Gasteiger partial charge in [0.05, 0.1) is 17.0 Å². The number of aryl methyl sites for hydroxylation is 1. The lowest BCUT2D eigenvalue weighted by Crippen LogP contribution is -2.20. The third-order valence-electron chi connectivity index (χ3n) is 4.15. The van der Waals surface area contributed by atoms with E-state index in [0.717, 1.165) is 0 Å². The Morgan fingerprint density at radius 2 is 1.93 bits per heavy atom. The average molecular weight is 436 g/mol. The summed E-state index contributed by atoms with van der Waals surface area (Å²) in [4.78, 5) is 35.2. The summed E-state index contributed by atoms with van der Waals surface area (Å²) in [6.45, 7) is 1.36. The van der Waals surface area contributed by atoms with Crippen molar-refractivity contribution in [3.63, 3.8) is 0 Å². The van der Waals surface area contributed by atoms with Crippen molar-refractivity contribution in [2.75, 3.05) is 11.9 Å². The Bertz CT molecular complexity index is 1170. The zero-order valence-electron chi connectivity index (χ0n) is 15.1. The minimum atomic E-state index is -1.12. The number of ether oxygens (including phenoxy) is 1. The summed E-state index contributed by atoms with van der Waals surface area (Å²) in [5, 5.41) is 12.9. The van der Waals surface area contributed by atoms with Crippen molar-refractivity contribution in [3.05, 3.63) is 68.0 Å². The van der Waals surface area contributed by atoms with Crippen molar-refractivity contribution in [1.82, 2.24) is 0 Å². The molecule has 150 valence electrons. The largest absolute Gasteiger partial charge is 0.482 e. The number of anilines is 1. The molecule has 0 aliphatic carbocycles. The van der Waals surface area contributed by atoms with Gasteiger partial charge in [-0.3, -0.25) is 9.59 Å². The number of carboxylic acids is 1. The van der Waals surface area contributed by atoms with E-state index in [2.05, 4.69) is 5.32 Å². The van der Waals surface area contributed by atoms with Crippen LogP contribution in [0.15, 0.2) is 45.6 Å². The van der Waals surface area contributed by atoms with Gasteiger partial charge >= 0.3 is 11.6 Å². The quantitative estimate of drug-likeness (QED) is 0.565. The number of carbonyl (C=O) groups excluding carboxylic acids is 1. The standard InChI is InChI=1S/C20H15Cl2NO6/c1-10-13-4-3-12(7-17(13)29-20(27)14(10)8-19(25)26)23-18(24)9-28-16-5-2-11(21)6-15(16)22/h2-7H,8-9H2,1H3,(H,23,24)(H,25,26). The van der Waals surface area contributed by atoms with E-state index in [1.165, 1.54) is 12.1 Å². The Morgan fingerprint density at radius 1 is 1.17 bits per heavy atom. The van der Waals surface area contributed by atoms with Crippen molar-refractivity contribution in [1.29, 1.82) is 0 Å². The number of aliphatic carboxylic acids is 1. The second kappa shape index (κ2) is 8.55. The van der Waals surface area contributed by atoms with Crippen molar-refractivity contribution in [2.24, 2.45) is 0 Å². The maximum Gasteiger partial charge on any atom is 0.340 e. The van der Waals surface area contributed by atoms with Crippen molar-refractivity contribution in [3.8, 4) is 5.75 Å². The summed E-state index contributed by atoms with van der Waals surface area (Å²) < 4.78 is 10.6. The van der Waals surface area contributed by atoms with Gasteiger partial charge in [-0.25, -0.2) is 4.79 Å². The van der Waals surface area contributed by atoms with Crippen LogP contribution in [-0.4, -0.2) is 23.6 Å². The van der Waals surface area contributed by atoms with E-state index in [-0.39, 0.29) is 22.8 Å². The maximum atomic E-state index is 12.1. The molecule has 1 heterocycles. The fourth-order valence-electron chi connectivity index (χ4n) is 2.76. The lowest BCUT2D eigenvalue weighted by molar-refractivity contribution is -0.136. The predicted octanol–water partition coefficient (Wildman–Crippen LogP) is 4.05. The smallest absolute Gasteiger partial charge is 0.340 e. The lowest BCUT2D eigenvalue weighted by atomic mass is 10.0. The summed E-state index contributed by atoms with van der Waals surface area (Å²) in [5.41, 5.74) is 0.525. The van der Waals surface area contributed by atoms with Crippen LogP contribution < -0.4 is 15.7 Å². The van der Waals surface area contributed by atoms with Gasteiger partial charge in [-0.05, 0) is 42.8 Å². The summed E-state index contributed by atoms with van der Waals surface area (Å²) in [5.74, 6) is -1.25.